The molecule has 6 nitrogen and oxygen atoms in total. The molecule has 1 saturated carbocycles. The van der Waals surface area contributed by atoms with E-state index in [1.165, 1.54) is 3.97 Å². The smallest absolute Gasteiger partial charge is 0.331 e. The highest BCUT2D eigenvalue weighted by atomic mass is 32.2. The van der Waals surface area contributed by atoms with Crippen LogP contribution in [0.4, 0.5) is 0 Å². The Labute approximate surface area is 168 Å². The van der Waals surface area contributed by atoms with Gasteiger partial charge in [-0.2, -0.15) is 5.26 Å². The number of hydrogen-bond donors (Lipinski definition) is 1. The van der Waals surface area contributed by atoms with E-state index in [-0.39, 0.29) is 22.3 Å². The van der Waals surface area contributed by atoms with Crippen LogP contribution in [0.2, 0.25) is 0 Å². The maximum Gasteiger partial charge on any atom is 0.331 e. The fourth-order valence-corrected chi connectivity index (χ4v) is 5.07. The Morgan fingerprint density at radius 2 is 1.93 bits per heavy atom. The van der Waals surface area contributed by atoms with Gasteiger partial charge in [-0.05, 0) is 61.1 Å². The fraction of sp³-hybridized carbons (Fsp3) is 0.182. The van der Waals surface area contributed by atoms with Crippen LogP contribution in [0.25, 0.3) is 10.9 Å². The highest BCUT2D eigenvalue weighted by Crippen LogP contribution is 2.53. The van der Waals surface area contributed by atoms with Crippen molar-refractivity contribution in [3.63, 3.8) is 0 Å². The van der Waals surface area contributed by atoms with E-state index in [0.29, 0.717) is 22.9 Å². The minimum Gasteiger partial charge on any atom is -0.478 e. The molecule has 1 aliphatic carbocycles. The van der Waals surface area contributed by atoms with Crippen molar-refractivity contribution in [2.75, 3.05) is 0 Å². The van der Waals surface area contributed by atoms with E-state index in [1.54, 1.807) is 48.7 Å². The van der Waals surface area contributed by atoms with Gasteiger partial charge >= 0.3 is 5.97 Å². The number of aromatic nitrogens is 1. The average molecular weight is 406 g/mol. The van der Waals surface area contributed by atoms with E-state index >= 15 is 0 Å². The van der Waals surface area contributed by atoms with Gasteiger partial charge in [0.25, 0.3) is 10.0 Å². The van der Waals surface area contributed by atoms with Crippen LogP contribution in [-0.2, 0) is 14.8 Å². The summed E-state index contributed by atoms with van der Waals surface area (Å²) in [5, 5.41) is 19.1. The summed E-state index contributed by atoms with van der Waals surface area (Å²) in [6, 6.07) is 13.5. The number of nitrogens with zero attached hydrogens (tertiary/aromatic N) is 2. The molecule has 146 valence electrons. The number of fused-ring (bicyclic) bond motifs is 1. The molecule has 1 N–H and O–H groups in total. The fourth-order valence-electron chi connectivity index (χ4n) is 3.69. The quantitative estimate of drug-likeness (QED) is 0.650. The first kappa shape index (κ1) is 19.0. The zero-order chi connectivity index (χ0) is 20.9. The molecule has 2 unspecified atom stereocenters. The molecule has 7 heteroatoms. The van der Waals surface area contributed by atoms with E-state index in [2.05, 4.69) is 12.6 Å². The molecule has 0 amide bonds. The minimum atomic E-state index is -3.85. The molecule has 1 aromatic heterocycles. The molecular weight excluding hydrogens is 388 g/mol. The number of carboxylic acids is 1. The summed E-state index contributed by atoms with van der Waals surface area (Å²) < 4.78 is 27.8. The van der Waals surface area contributed by atoms with Crippen LogP contribution < -0.4 is 0 Å². The van der Waals surface area contributed by atoms with Crippen molar-refractivity contribution in [2.24, 2.45) is 5.92 Å². The number of hydrogen-bond acceptors (Lipinski definition) is 4. The van der Waals surface area contributed by atoms with Crippen molar-refractivity contribution in [1.29, 1.82) is 5.26 Å². The van der Waals surface area contributed by atoms with Crippen LogP contribution in [0.15, 0.2) is 65.7 Å². The summed E-state index contributed by atoms with van der Waals surface area (Å²) in [6.45, 7) is 5.52. The minimum absolute atomic E-state index is 0.119. The first-order valence-corrected chi connectivity index (χ1v) is 10.5. The lowest BCUT2D eigenvalue weighted by Gasteiger charge is -2.08. The Hall–Kier alpha value is -3.37. The highest BCUT2D eigenvalue weighted by molar-refractivity contribution is 7.90. The van der Waals surface area contributed by atoms with Crippen LogP contribution in [0.1, 0.15) is 29.0 Å². The molecule has 2 atom stereocenters. The topological polar surface area (TPSA) is 100 Å². The third kappa shape index (κ3) is 3.12. The number of carboxylic acid groups (broad SMARTS) is 1. The lowest BCUT2D eigenvalue weighted by molar-refractivity contribution is -0.132. The Morgan fingerprint density at radius 1 is 1.24 bits per heavy atom. The largest absolute Gasteiger partial charge is 0.478 e. The summed E-state index contributed by atoms with van der Waals surface area (Å²) in [5.74, 6) is -1.42. The molecule has 29 heavy (non-hydrogen) atoms. The van der Waals surface area contributed by atoms with Crippen LogP contribution in [0.5, 0.6) is 0 Å². The van der Waals surface area contributed by atoms with Gasteiger partial charge in [-0.3, -0.25) is 0 Å². The molecule has 0 aliphatic heterocycles. The second kappa shape index (κ2) is 6.61. The van der Waals surface area contributed by atoms with Crippen molar-refractivity contribution in [2.45, 2.75) is 24.2 Å². The predicted molar refractivity (Wildman–Crippen MR) is 108 cm³/mol. The Kier molecular flexibility index (Phi) is 4.32. The van der Waals surface area contributed by atoms with Gasteiger partial charge in [-0.25, -0.2) is 17.2 Å². The van der Waals surface area contributed by atoms with Gasteiger partial charge in [0.2, 0.25) is 0 Å². The number of aryl methyl sites for hydroxylation is 1. The number of rotatable bonds is 5. The second-order valence-corrected chi connectivity index (χ2v) is 9.14. The summed E-state index contributed by atoms with van der Waals surface area (Å²) in [5.41, 5.74) is 2.67. The van der Waals surface area contributed by atoms with Gasteiger partial charge in [0.05, 0.1) is 22.0 Å². The van der Waals surface area contributed by atoms with Crippen molar-refractivity contribution in [3.05, 3.63) is 77.5 Å². The molecule has 0 bridgehead atoms. The van der Waals surface area contributed by atoms with E-state index in [9.17, 15) is 23.6 Å². The lowest BCUT2D eigenvalue weighted by atomic mass is 10.0. The van der Waals surface area contributed by atoms with E-state index < -0.39 is 16.0 Å². The lowest BCUT2D eigenvalue weighted by Crippen LogP contribution is -2.11. The van der Waals surface area contributed by atoms with Gasteiger partial charge in [-0.1, -0.05) is 24.3 Å². The van der Waals surface area contributed by atoms with Gasteiger partial charge in [0, 0.05) is 17.2 Å². The SMILES string of the molecule is C=C(C(=O)O)C1CC1c1cn(S(=O)(=O)c2ccc(C)cc2)c2ccc(C#N)cc12. The number of aliphatic carboxylic acids is 1. The monoisotopic (exact) mass is 406 g/mol. The molecule has 2 aromatic carbocycles. The Balaban J connectivity index is 1.88. The van der Waals surface area contributed by atoms with Gasteiger partial charge < -0.3 is 5.11 Å². The maximum absolute atomic E-state index is 13.3. The van der Waals surface area contributed by atoms with Gasteiger partial charge in [-0.15, -0.1) is 0 Å². The van der Waals surface area contributed by atoms with Crippen molar-refractivity contribution >= 4 is 26.9 Å². The number of carbonyl (C=O) groups is 1. The summed E-state index contributed by atoms with van der Waals surface area (Å²) in [7, 11) is -3.85. The third-order valence-electron chi connectivity index (χ3n) is 5.42. The van der Waals surface area contributed by atoms with Gasteiger partial charge in [0.15, 0.2) is 0 Å². The molecule has 0 saturated heterocycles. The standard InChI is InChI=1S/C22H18N2O4S/c1-13-3-6-16(7-4-13)29(27,28)24-12-20(18-10-17(18)14(2)22(25)26)19-9-15(11-23)5-8-21(19)24/h3-9,12,17-18H,2,10H2,1H3,(H,25,26). The van der Waals surface area contributed by atoms with E-state index in [0.717, 1.165) is 11.1 Å². The molecular formula is C22H18N2O4S. The number of nitriles is 1. The first-order valence-electron chi connectivity index (χ1n) is 9.03. The third-order valence-corrected chi connectivity index (χ3v) is 7.11. The van der Waals surface area contributed by atoms with Crippen LogP contribution >= 0.6 is 0 Å². The average Bonchev–Trinajstić information content (AvgIpc) is 3.39. The van der Waals surface area contributed by atoms with Crippen molar-refractivity contribution in [3.8, 4) is 6.07 Å². The van der Waals surface area contributed by atoms with Gasteiger partial charge in [0.1, 0.15) is 0 Å². The zero-order valence-corrected chi connectivity index (χ0v) is 16.5. The molecule has 0 spiro atoms. The van der Waals surface area contributed by atoms with Crippen molar-refractivity contribution in [1.82, 2.24) is 3.97 Å². The normalized spacial score (nSPS) is 18.3. The first-order chi connectivity index (χ1) is 13.7. The molecule has 3 aromatic rings. The zero-order valence-electron chi connectivity index (χ0n) is 15.7. The molecule has 1 aliphatic rings. The van der Waals surface area contributed by atoms with E-state index in [1.807, 2.05) is 6.92 Å². The second-order valence-electron chi connectivity index (χ2n) is 7.32. The molecule has 0 radical (unpaired) electrons. The summed E-state index contributed by atoms with van der Waals surface area (Å²) in [4.78, 5) is 11.4. The molecule has 1 heterocycles. The maximum atomic E-state index is 13.3. The van der Waals surface area contributed by atoms with E-state index in [4.69, 9.17) is 0 Å². The van der Waals surface area contributed by atoms with Crippen LogP contribution in [0.3, 0.4) is 0 Å². The molecule has 4 rings (SSSR count). The molecule has 1 fully saturated rings. The van der Waals surface area contributed by atoms with Crippen LogP contribution in [-0.4, -0.2) is 23.5 Å². The highest BCUT2D eigenvalue weighted by Gasteiger charge is 2.44. The summed E-state index contributed by atoms with van der Waals surface area (Å²) >= 11 is 0. The van der Waals surface area contributed by atoms with Crippen molar-refractivity contribution < 1.29 is 18.3 Å². The summed E-state index contributed by atoms with van der Waals surface area (Å²) in [6.07, 6.45) is 2.15. The Bertz CT molecular complexity index is 1310. The Morgan fingerprint density at radius 3 is 2.55 bits per heavy atom. The predicted octanol–water partition coefficient (Wildman–Crippen LogP) is 3.80. The number of benzene rings is 2. The van der Waals surface area contributed by atoms with Crippen LogP contribution in [0, 0.1) is 24.2 Å².